The lowest BCUT2D eigenvalue weighted by atomic mass is 9.94. The number of ether oxygens (including phenoxy) is 1. The highest BCUT2D eigenvalue weighted by Crippen LogP contribution is 2.33. The van der Waals surface area contributed by atoms with E-state index in [9.17, 15) is 8.42 Å². The van der Waals surface area contributed by atoms with E-state index in [0.29, 0.717) is 18.8 Å². The molecule has 0 amide bonds. The Morgan fingerprint density at radius 2 is 1.89 bits per heavy atom. The van der Waals surface area contributed by atoms with E-state index in [1.54, 1.807) is 22.6 Å². The van der Waals surface area contributed by atoms with E-state index in [-0.39, 0.29) is 10.8 Å². The quantitative estimate of drug-likeness (QED) is 0.674. The van der Waals surface area contributed by atoms with Gasteiger partial charge in [-0.15, -0.1) is 0 Å². The van der Waals surface area contributed by atoms with E-state index >= 15 is 0 Å². The van der Waals surface area contributed by atoms with Crippen LogP contribution in [0.3, 0.4) is 0 Å². The van der Waals surface area contributed by atoms with Crippen LogP contribution in [0, 0.1) is 6.92 Å². The number of hydrogen-bond donors (Lipinski definition) is 0. The van der Waals surface area contributed by atoms with Crippen LogP contribution in [0.5, 0.6) is 5.75 Å². The molecule has 0 aliphatic carbocycles. The fraction of sp³-hybridized carbons (Fsp3) is 0.333. The summed E-state index contributed by atoms with van der Waals surface area (Å²) in [4.78, 5) is 9.25. The Morgan fingerprint density at radius 3 is 2.64 bits per heavy atom. The molecule has 0 spiro atoms. The van der Waals surface area contributed by atoms with Gasteiger partial charge < -0.3 is 4.74 Å². The molecule has 4 rings (SSSR count). The molecule has 2 aromatic heterocycles. The third-order valence-corrected chi connectivity index (χ3v) is 7.21. The first-order valence-corrected chi connectivity index (χ1v) is 10.8. The molecule has 0 N–H and O–H groups in total. The minimum Gasteiger partial charge on any atom is -0.495 e. The highest BCUT2D eigenvalue weighted by Gasteiger charge is 2.32. The van der Waals surface area contributed by atoms with Gasteiger partial charge in [-0.05, 0) is 61.7 Å². The average Bonchev–Trinajstić information content (AvgIpc) is 2.73. The van der Waals surface area contributed by atoms with Gasteiger partial charge in [0, 0.05) is 36.3 Å². The van der Waals surface area contributed by atoms with Crippen LogP contribution in [-0.4, -0.2) is 42.9 Å². The van der Waals surface area contributed by atoms with Gasteiger partial charge in [0.2, 0.25) is 10.0 Å². The number of nitrogens with zero attached hydrogens (tertiary/aromatic N) is 3. The number of fused-ring (bicyclic) bond motifs is 1. The van der Waals surface area contributed by atoms with Crippen LogP contribution in [-0.2, 0) is 10.0 Å². The number of methoxy groups -OCH3 is 1. The lowest BCUT2D eigenvalue weighted by Gasteiger charge is -2.31. The highest BCUT2D eigenvalue weighted by molar-refractivity contribution is 7.89. The van der Waals surface area contributed by atoms with Gasteiger partial charge in [-0.1, -0.05) is 6.07 Å². The summed E-state index contributed by atoms with van der Waals surface area (Å²) < 4.78 is 33.2. The van der Waals surface area contributed by atoms with Gasteiger partial charge in [-0.2, -0.15) is 4.31 Å². The van der Waals surface area contributed by atoms with Crippen molar-refractivity contribution in [1.29, 1.82) is 0 Å². The van der Waals surface area contributed by atoms with Crippen LogP contribution >= 0.6 is 0 Å². The fourth-order valence-electron chi connectivity index (χ4n) is 3.71. The first-order valence-electron chi connectivity index (χ1n) is 9.35. The van der Waals surface area contributed by atoms with Crippen LogP contribution in [0.25, 0.3) is 11.0 Å². The van der Waals surface area contributed by atoms with E-state index in [0.717, 1.165) is 35.1 Å². The van der Waals surface area contributed by atoms with Crippen LogP contribution in [0.1, 0.15) is 30.0 Å². The summed E-state index contributed by atoms with van der Waals surface area (Å²) in [5, 5.41) is 1.01. The van der Waals surface area contributed by atoms with Gasteiger partial charge in [-0.3, -0.25) is 0 Å². The second-order valence-corrected chi connectivity index (χ2v) is 9.03. The molecule has 1 saturated heterocycles. The summed E-state index contributed by atoms with van der Waals surface area (Å²) in [6, 6.07) is 13.2. The SMILES string of the molecule is COc1ccc(C)cc1S(=O)(=O)N1CCC(c2ccc3cccnc3n2)CC1. The van der Waals surface area contributed by atoms with E-state index in [1.807, 2.05) is 37.3 Å². The van der Waals surface area contributed by atoms with Crippen molar-refractivity contribution in [3.8, 4) is 5.75 Å². The molecule has 3 aromatic rings. The van der Waals surface area contributed by atoms with Crippen molar-refractivity contribution in [1.82, 2.24) is 14.3 Å². The molecule has 0 radical (unpaired) electrons. The maximum Gasteiger partial charge on any atom is 0.246 e. The van der Waals surface area contributed by atoms with Crippen LogP contribution in [0.4, 0.5) is 0 Å². The molecular formula is C21H23N3O3S. The topological polar surface area (TPSA) is 72.4 Å². The van der Waals surface area contributed by atoms with Crippen molar-refractivity contribution in [2.45, 2.75) is 30.6 Å². The van der Waals surface area contributed by atoms with Gasteiger partial charge in [0.15, 0.2) is 5.65 Å². The van der Waals surface area contributed by atoms with Gasteiger partial charge in [-0.25, -0.2) is 18.4 Å². The molecule has 7 heteroatoms. The van der Waals surface area contributed by atoms with E-state index in [1.165, 1.54) is 7.11 Å². The molecule has 0 atom stereocenters. The zero-order valence-electron chi connectivity index (χ0n) is 16.0. The molecule has 1 fully saturated rings. The molecule has 146 valence electrons. The Labute approximate surface area is 165 Å². The minimum atomic E-state index is -3.59. The minimum absolute atomic E-state index is 0.234. The van der Waals surface area contributed by atoms with Gasteiger partial charge in [0.05, 0.1) is 7.11 Å². The van der Waals surface area contributed by atoms with Crippen molar-refractivity contribution in [3.63, 3.8) is 0 Å². The third kappa shape index (κ3) is 3.47. The van der Waals surface area contributed by atoms with Crippen molar-refractivity contribution in [3.05, 3.63) is 59.9 Å². The molecule has 0 bridgehead atoms. The zero-order chi connectivity index (χ0) is 19.7. The van der Waals surface area contributed by atoms with E-state index in [4.69, 9.17) is 4.74 Å². The van der Waals surface area contributed by atoms with E-state index < -0.39 is 10.0 Å². The zero-order valence-corrected chi connectivity index (χ0v) is 16.8. The molecule has 28 heavy (non-hydrogen) atoms. The first kappa shape index (κ1) is 18.8. The lowest BCUT2D eigenvalue weighted by molar-refractivity contribution is 0.315. The molecule has 1 aliphatic heterocycles. The smallest absolute Gasteiger partial charge is 0.246 e. The number of aryl methyl sites for hydroxylation is 1. The first-order chi connectivity index (χ1) is 13.5. The molecule has 1 aromatic carbocycles. The van der Waals surface area contributed by atoms with Crippen molar-refractivity contribution < 1.29 is 13.2 Å². The Kier molecular flexibility index (Phi) is 5.03. The normalized spacial score (nSPS) is 16.4. The van der Waals surface area contributed by atoms with E-state index in [2.05, 4.69) is 9.97 Å². The third-order valence-electron chi connectivity index (χ3n) is 5.29. The lowest BCUT2D eigenvalue weighted by Crippen LogP contribution is -2.38. The Hall–Kier alpha value is -2.51. The number of hydrogen-bond acceptors (Lipinski definition) is 5. The van der Waals surface area contributed by atoms with Crippen molar-refractivity contribution in [2.75, 3.05) is 20.2 Å². The van der Waals surface area contributed by atoms with Crippen LogP contribution in [0.15, 0.2) is 53.6 Å². The second kappa shape index (κ2) is 7.48. The molecule has 6 nitrogen and oxygen atoms in total. The van der Waals surface area contributed by atoms with Gasteiger partial charge in [0.1, 0.15) is 10.6 Å². The monoisotopic (exact) mass is 397 g/mol. The Morgan fingerprint density at radius 1 is 1.11 bits per heavy atom. The molecule has 0 saturated carbocycles. The highest BCUT2D eigenvalue weighted by atomic mass is 32.2. The van der Waals surface area contributed by atoms with Crippen molar-refractivity contribution >= 4 is 21.1 Å². The van der Waals surface area contributed by atoms with Crippen molar-refractivity contribution in [2.24, 2.45) is 0 Å². The summed E-state index contributed by atoms with van der Waals surface area (Å²) in [6.07, 6.45) is 3.21. The largest absolute Gasteiger partial charge is 0.495 e. The number of benzene rings is 1. The number of pyridine rings is 2. The number of rotatable bonds is 4. The predicted octanol–water partition coefficient (Wildman–Crippen LogP) is 3.52. The molecule has 1 aliphatic rings. The summed E-state index contributed by atoms with van der Waals surface area (Å²) in [7, 11) is -2.10. The summed E-state index contributed by atoms with van der Waals surface area (Å²) in [6.45, 7) is 2.81. The number of aromatic nitrogens is 2. The fourth-order valence-corrected chi connectivity index (χ4v) is 5.42. The average molecular weight is 398 g/mol. The molecule has 3 heterocycles. The number of piperidine rings is 1. The van der Waals surface area contributed by atoms with Gasteiger partial charge in [0.25, 0.3) is 0 Å². The van der Waals surface area contributed by atoms with Crippen LogP contribution < -0.4 is 4.74 Å². The molecule has 0 unspecified atom stereocenters. The van der Waals surface area contributed by atoms with Gasteiger partial charge >= 0.3 is 0 Å². The molecular weight excluding hydrogens is 374 g/mol. The summed E-state index contributed by atoms with van der Waals surface area (Å²) >= 11 is 0. The predicted molar refractivity (Wildman–Crippen MR) is 108 cm³/mol. The second-order valence-electron chi connectivity index (χ2n) is 7.12. The number of sulfonamides is 1. The Balaban J connectivity index is 1.54. The maximum absolute atomic E-state index is 13.2. The maximum atomic E-state index is 13.2. The summed E-state index contributed by atoms with van der Waals surface area (Å²) in [5.41, 5.74) is 2.61. The standard InChI is InChI=1S/C21H23N3O3S/c1-15-5-8-19(27-2)20(14-15)28(25,26)24-12-9-16(10-13-24)18-7-6-17-4-3-11-22-21(17)23-18/h3-8,11,14,16H,9-10,12-13H2,1-2H3. The summed E-state index contributed by atoms with van der Waals surface area (Å²) in [5.74, 6) is 0.618. The Bertz CT molecular complexity index is 1110. The van der Waals surface area contributed by atoms with Crippen LogP contribution in [0.2, 0.25) is 0 Å².